The molecule has 1 aromatic rings. The zero-order valence-electron chi connectivity index (χ0n) is 7.88. The van der Waals surface area contributed by atoms with Gasteiger partial charge < -0.3 is 10.5 Å². The van der Waals surface area contributed by atoms with Crippen LogP contribution in [0.3, 0.4) is 0 Å². The Balaban J connectivity index is 3.01. The van der Waals surface area contributed by atoms with Crippen LogP contribution in [0.25, 0.3) is 0 Å². The zero-order chi connectivity index (χ0) is 9.84. The summed E-state index contributed by atoms with van der Waals surface area (Å²) in [6, 6.07) is 6.01. The molecule has 0 aromatic heterocycles. The van der Waals surface area contributed by atoms with E-state index in [9.17, 15) is 0 Å². The number of benzene rings is 1. The van der Waals surface area contributed by atoms with Crippen molar-refractivity contribution in [3.8, 4) is 5.75 Å². The molecule has 1 atom stereocenters. The van der Waals surface area contributed by atoms with E-state index in [4.69, 9.17) is 10.5 Å². The Bertz CT molecular complexity index is 288. The average molecular weight is 244 g/mol. The molecule has 72 valence electrons. The van der Waals surface area contributed by atoms with E-state index in [1.807, 2.05) is 18.2 Å². The summed E-state index contributed by atoms with van der Waals surface area (Å²) >= 11 is 3.42. The quantitative estimate of drug-likeness (QED) is 0.887. The molecule has 0 unspecified atom stereocenters. The Morgan fingerprint density at radius 1 is 1.46 bits per heavy atom. The normalized spacial score (nSPS) is 12.6. The number of nitrogens with two attached hydrogens (primary N) is 1. The van der Waals surface area contributed by atoms with Crippen molar-refractivity contribution in [1.29, 1.82) is 0 Å². The Labute approximate surface area is 87.2 Å². The van der Waals surface area contributed by atoms with Gasteiger partial charge in [-0.2, -0.15) is 0 Å². The molecule has 0 aliphatic carbocycles. The minimum absolute atomic E-state index is 0.0893. The van der Waals surface area contributed by atoms with Crippen molar-refractivity contribution in [2.24, 2.45) is 5.73 Å². The monoisotopic (exact) mass is 243 g/mol. The fourth-order valence-electron chi connectivity index (χ4n) is 1.15. The van der Waals surface area contributed by atoms with Crippen LogP contribution in [0, 0.1) is 0 Å². The molecule has 0 bridgehead atoms. The second-order valence-corrected chi connectivity index (χ2v) is 3.85. The van der Waals surface area contributed by atoms with Crippen LogP contribution in [0.5, 0.6) is 5.75 Å². The molecule has 0 spiro atoms. The SMILES string of the molecule is CC[C@H](N)c1cc(Br)cc(OC)c1. The second-order valence-electron chi connectivity index (χ2n) is 2.94. The van der Waals surface area contributed by atoms with Gasteiger partial charge in [0.1, 0.15) is 5.75 Å². The molecule has 3 heteroatoms. The van der Waals surface area contributed by atoms with Crippen molar-refractivity contribution in [3.05, 3.63) is 28.2 Å². The fraction of sp³-hybridized carbons (Fsp3) is 0.400. The van der Waals surface area contributed by atoms with Gasteiger partial charge in [-0.1, -0.05) is 22.9 Å². The van der Waals surface area contributed by atoms with Gasteiger partial charge in [-0.3, -0.25) is 0 Å². The Morgan fingerprint density at radius 2 is 2.15 bits per heavy atom. The molecular formula is C10H14BrNO. The van der Waals surface area contributed by atoms with Crippen LogP contribution in [-0.2, 0) is 0 Å². The van der Waals surface area contributed by atoms with Crippen LogP contribution in [0.4, 0.5) is 0 Å². The molecule has 1 rings (SSSR count). The highest BCUT2D eigenvalue weighted by molar-refractivity contribution is 9.10. The molecule has 0 amide bonds. The summed E-state index contributed by atoms with van der Waals surface area (Å²) in [4.78, 5) is 0. The highest BCUT2D eigenvalue weighted by Gasteiger charge is 2.05. The lowest BCUT2D eigenvalue weighted by atomic mass is 10.1. The predicted octanol–water partition coefficient (Wildman–Crippen LogP) is 2.87. The molecule has 13 heavy (non-hydrogen) atoms. The van der Waals surface area contributed by atoms with Crippen molar-refractivity contribution in [1.82, 2.24) is 0 Å². The maximum atomic E-state index is 5.91. The standard InChI is InChI=1S/C10H14BrNO/c1-3-10(12)7-4-8(11)6-9(5-7)13-2/h4-6,10H,3,12H2,1-2H3/t10-/m0/s1. The number of hydrogen-bond donors (Lipinski definition) is 1. The van der Waals surface area contributed by atoms with E-state index in [1.54, 1.807) is 7.11 Å². The van der Waals surface area contributed by atoms with Crippen LogP contribution >= 0.6 is 15.9 Å². The lowest BCUT2D eigenvalue weighted by molar-refractivity contribution is 0.413. The van der Waals surface area contributed by atoms with E-state index < -0.39 is 0 Å². The number of methoxy groups -OCH3 is 1. The summed E-state index contributed by atoms with van der Waals surface area (Å²) in [7, 11) is 1.66. The smallest absolute Gasteiger partial charge is 0.120 e. The summed E-state index contributed by atoms with van der Waals surface area (Å²) in [5, 5.41) is 0. The van der Waals surface area contributed by atoms with E-state index in [-0.39, 0.29) is 6.04 Å². The van der Waals surface area contributed by atoms with Gasteiger partial charge in [-0.05, 0) is 30.2 Å². The minimum Gasteiger partial charge on any atom is -0.497 e. The highest BCUT2D eigenvalue weighted by atomic mass is 79.9. The first-order valence-electron chi connectivity index (χ1n) is 4.27. The first-order valence-corrected chi connectivity index (χ1v) is 5.06. The summed E-state index contributed by atoms with van der Waals surface area (Å²) < 4.78 is 6.15. The molecular weight excluding hydrogens is 230 g/mol. The lowest BCUT2D eigenvalue weighted by Gasteiger charge is -2.11. The topological polar surface area (TPSA) is 35.2 Å². The van der Waals surface area contributed by atoms with Gasteiger partial charge in [0.25, 0.3) is 0 Å². The molecule has 1 aromatic carbocycles. The first kappa shape index (κ1) is 10.5. The second kappa shape index (κ2) is 4.63. The third-order valence-corrected chi connectivity index (χ3v) is 2.46. The largest absolute Gasteiger partial charge is 0.497 e. The van der Waals surface area contributed by atoms with E-state index in [1.165, 1.54) is 0 Å². The van der Waals surface area contributed by atoms with Gasteiger partial charge in [0.15, 0.2) is 0 Å². The third-order valence-electron chi connectivity index (χ3n) is 2.00. The summed E-state index contributed by atoms with van der Waals surface area (Å²) in [5.74, 6) is 0.841. The molecule has 0 saturated heterocycles. The van der Waals surface area contributed by atoms with Crippen LogP contribution in [-0.4, -0.2) is 7.11 Å². The number of rotatable bonds is 3. The van der Waals surface area contributed by atoms with E-state index in [0.717, 1.165) is 22.2 Å². The van der Waals surface area contributed by atoms with E-state index >= 15 is 0 Å². The molecule has 0 aliphatic rings. The molecule has 0 heterocycles. The summed E-state index contributed by atoms with van der Waals surface area (Å²) in [5.41, 5.74) is 7.02. The van der Waals surface area contributed by atoms with Gasteiger partial charge in [0, 0.05) is 10.5 Å². The van der Waals surface area contributed by atoms with Crippen LogP contribution in [0.2, 0.25) is 0 Å². The zero-order valence-corrected chi connectivity index (χ0v) is 9.47. The summed E-state index contributed by atoms with van der Waals surface area (Å²) in [6.45, 7) is 2.07. The van der Waals surface area contributed by atoms with E-state index in [2.05, 4.69) is 22.9 Å². The Kier molecular flexibility index (Phi) is 3.75. The maximum Gasteiger partial charge on any atom is 0.120 e. The molecule has 0 fully saturated rings. The molecule has 0 saturated carbocycles. The third kappa shape index (κ3) is 2.71. The fourth-order valence-corrected chi connectivity index (χ4v) is 1.64. The molecule has 2 nitrogen and oxygen atoms in total. The van der Waals surface area contributed by atoms with Gasteiger partial charge in [0.2, 0.25) is 0 Å². The van der Waals surface area contributed by atoms with Crippen LogP contribution < -0.4 is 10.5 Å². The number of ether oxygens (including phenoxy) is 1. The number of hydrogen-bond acceptors (Lipinski definition) is 2. The van der Waals surface area contributed by atoms with Crippen molar-refractivity contribution >= 4 is 15.9 Å². The van der Waals surface area contributed by atoms with Gasteiger partial charge in [-0.25, -0.2) is 0 Å². The van der Waals surface area contributed by atoms with Crippen LogP contribution in [0.1, 0.15) is 24.9 Å². The average Bonchev–Trinajstić information content (AvgIpc) is 2.15. The highest BCUT2D eigenvalue weighted by Crippen LogP contribution is 2.25. The van der Waals surface area contributed by atoms with Crippen molar-refractivity contribution < 1.29 is 4.74 Å². The summed E-state index contributed by atoms with van der Waals surface area (Å²) in [6.07, 6.45) is 0.930. The van der Waals surface area contributed by atoms with E-state index in [0.29, 0.717) is 0 Å². The number of halogens is 1. The first-order chi connectivity index (χ1) is 6.17. The van der Waals surface area contributed by atoms with Crippen molar-refractivity contribution in [2.75, 3.05) is 7.11 Å². The van der Waals surface area contributed by atoms with Gasteiger partial charge in [-0.15, -0.1) is 0 Å². The van der Waals surface area contributed by atoms with Crippen LogP contribution in [0.15, 0.2) is 22.7 Å². The predicted molar refractivity (Wildman–Crippen MR) is 57.9 cm³/mol. The minimum atomic E-state index is 0.0893. The van der Waals surface area contributed by atoms with Crippen molar-refractivity contribution in [3.63, 3.8) is 0 Å². The lowest BCUT2D eigenvalue weighted by Crippen LogP contribution is -2.08. The molecule has 0 radical (unpaired) electrons. The van der Waals surface area contributed by atoms with Crippen molar-refractivity contribution in [2.45, 2.75) is 19.4 Å². The van der Waals surface area contributed by atoms with Gasteiger partial charge >= 0.3 is 0 Å². The van der Waals surface area contributed by atoms with Gasteiger partial charge in [0.05, 0.1) is 7.11 Å². The Morgan fingerprint density at radius 3 is 2.69 bits per heavy atom. The molecule has 0 aliphatic heterocycles. The molecule has 2 N–H and O–H groups in total. The Hall–Kier alpha value is -0.540. The maximum absolute atomic E-state index is 5.91.